The highest BCUT2D eigenvalue weighted by atomic mass is 15.1. The summed E-state index contributed by atoms with van der Waals surface area (Å²) >= 11 is 0. The van der Waals surface area contributed by atoms with Gasteiger partial charge >= 0.3 is 0 Å². The molecule has 0 fully saturated rings. The van der Waals surface area contributed by atoms with Crippen molar-refractivity contribution < 1.29 is 0 Å². The zero-order valence-electron chi connectivity index (χ0n) is 16.8. The van der Waals surface area contributed by atoms with E-state index in [1.165, 1.54) is 16.3 Å². The van der Waals surface area contributed by atoms with Gasteiger partial charge in [0.25, 0.3) is 0 Å². The average molecular weight is 387 g/mol. The molecule has 0 amide bonds. The molecule has 0 bridgehead atoms. The van der Waals surface area contributed by atoms with Crippen LogP contribution in [0.25, 0.3) is 51.2 Å². The lowest BCUT2D eigenvalue weighted by Crippen LogP contribution is -2.06. The zero-order valence-corrected chi connectivity index (χ0v) is 16.8. The van der Waals surface area contributed by atoms with Gasteiger partial charge < -0.3 is 0 Å². The number of hydrogen-bond acceptors (Lipinski definition) is 2. The minimum absolute atomic E-state index is 0.672. The SMILES string of the molecule is C=Cc1nc(-c2ccccc2)nc(-n2c3ccccc3c3cccc(C)c32)c1C=C. The summed E-state index contributed by atoms with van der Waals surface area (Å²) < 4.78 is 2.23. The smallest absolute Gasteiger partial charge is 0.162 e. The van der Waals surface area contributed by atoms with E-state index in [-0.39, 0.29) is 0 Å². The number of nitrogens with zero attached hydrogens (tertiary/aromatic N) is 3. The van der Waals surface area contributed by atoms with E-state index >= 15 is 0 Å². The van der Waals surface area contributed by atoms with Crippen LogP contribution in [0.15, 0.2) is 86.0 Å². The Bertz CT molecular complexity index is 1430. The van der Waals surface area contributed by atoms with Crippen LogP contribution in [0.2, 0.25) is 0 Å². The minimum Gasteiger partial charge on any atom is -0.293 e. The van der Waals surface area contributed by atoms with Gasteiger partial charge in [-0.2, -0.15) is 0 Å². The molecule has 0 aliphatic rings. The molecule has 2 heterocycles. The molecule has 0 spiro atoms. The Morgan fingerprint density at radius 1 is 0.767 bits per heavy atom. The Kier molecular flexibility index (Phi) is 4.29. The first-order chi connectivity index (χ1) is 14.7. The van der Waals surface area contributed by atoms with Gasteiger partial charge in [-0.05, 0) is 24.6 Å². The van der Waals surface area contributed by atoms with Crippen LogP contribution in [0.4, 0.5) is 0 Å². The molecule has 0 aliphatic heterocycles. The number of aryl methyl sites for hydroxylation is 1. The fraction of sp³-hybridized carbons (Fsp3) is 0.0370. The van der Waals surface area contributed by atoms with Crippen molar-refractivity contribution in [1.29, 1.82) is 0 Å². The Hall–Kier alpha value is -3.98. The molecule has 5 rings (SSSR count). The molecule has 3 heteroatoms. The number of para-hydroxylation sites is 2. The summed E-state index contributed by atoms with van der Waals surface area (Å²) in [6.45, 7) is 10.2. The summed E-state index contributed by atoms with van der Waals surface area (Å²) in [6.07, 6.45) is 3.59. The first-order valence-electron chi connectivity index (χ1n) is 9.94. The summed E-state index contributed by atoms with van der Waals surface area (Å²) in [5.41, 5.74) is 6.06. The van der Waals surface area contributed by atoms with Gasteiger partial charge in [0, 0.05) is 21.9 Å². The molecule has 0 aliphatic carbocycles. The van der Waals surface area contributed by atoms with Crippen molar-refractivity contribution in [2.75, 3.05) is 0 Å². The van der Waals surface area contributed by atoms with Crippen molar-refractivity contribution in [1.82, 2.24) is 14.5 Å². The maximum absolute atomic E-state index is 5.04. The van der Waals surface area contributed by atoms with Gasteiger partial charge in [0.15, 0.2) is 5.82 Å². The van der Waals surface area contributed by atoms with Gasteiger partial charge in [-0.3, -0.25) is 4.57 Å². The van der Waals surface area contributed by atoms with Gasteiger partial charge in [0.05, 0.1) is 16.7 Å². The summed E-state index contributed by atoms with van der Waals surface area (Å²) in [5.74, 6) is 1.49. The summed E-state index contributed by atoms with van der Waals surface area (Å²) in [7, 11) is 0. The monoisotopic (exact) mass is 387 g/mol. The van der Waals surface area contributed by atoms with Crippen molar-refractivity contribution in [2.24, 2.45) is 0 Å². The number of hydrogen-bond donors (Lipinski definition) is 0. The summed E-state index contributed by atoms with van der Waals surface area (Å²) in [6, 6.07) is 24.9. The van der Waals surface area contributed by atoms with Crippen LogP contribution in [0.1, 0.15) is 16.8 Å². The maximum atomic E-state index is 5.04. The van der Waals surface area contributed by atoms with Crippen LogP contribution < -0.4 is 0 Å². The van der Waals surface area contributed by atoms with E-state index in [1.807, 2.05) is 36.4 Å². The maximum Gasteiger partial charge on any atom is 0.162 e. The Labute approximate surface area is 175 Å². The lowest BCUT2D eigenvalue weighted by Gasteiger charge is -2.15. The first kappa shape index (κ1) is 18.1. The lowest BCUT2D eigenvalue weighted by molar-refractivity contribution is 1.03. The second-order valence-electron chi connectivity index (χ2n) is 7.27. The van der Waals surface area contributed by atoms with Crippen LogP contribution in [-0.4, -0.2) is 14.5 Å². The molecule has 0 N–H and O–H groups in total. The number of benzene rings is 3. The normalized spacial score (nSPS) is 11.1. The Balaban J connectivity index is 1.96. The first-order valence-corrected chi connectivity index (χ1v) is 9.94. The van der Waals surface area contributed by atoms with E-state index < -0.39 is 0 Å². The summed E-state index contributed by atoms with van der Waals surface area (Å²) in [5, 5.41) is 2.41. The van der Waals surface area contributed by atoms with Gasteiger partial charge in [0.2, 0.25) is 0 Å². The highest BCUT2D eigenvalue weighted by molar-refractivity contribution is 6.10. The van der Waals surface area contributed by atoms with Crippen LogP contribution >= 0.6 is 0 Å². The van der Waals surface area contributed by atoms with Crippen molar-refractivity contribution in [3.8, 4) is 17.2 Å². The molecule has 0 radical (unpaired) electrons. The van der Waals surface area contributed by atoms with Gasteiger partial charge in [-0.15, -0.1) is 0 Å². The second kappa shape index (κ2) is 7.12. The summed E-state index contributed by atoms with van der Waals surface area (Å²) in [4.78, 5) is 9.81. The number of rotatable bonds is 4. The third kappa shape index (κ3) is 2.67. The molecule has 3 nitrogen and oxygen atoms in total. The number of fused-ring (bicyclic) bond motifs is 3. The van der Waals surface area contributed by atoms with E-state index in [0.717, 1.165) is 33.7 Å². The van der Waals surface area contributed by atoms with E-state index in [4.69, 9.17) is 9.97 Å². The Morgan fingerprint density at radius 3 is 2.27 bits per heavy atom. The molecule has 0 atom stereocenters. The van der Waals surface area contributed by atoms with Crippen molar-refractivity contribution >= 4 is 34.0 Å². The van der Waals surface area contributed by atoms with Crippen LogP contribution in [0.5, 0.6) is 0 Å². The highest BCUT2D eigenvalue weighted by Gasteiger charge is 2.19. The molecule has 3 aromatic carbocycles. The molecule has 2 aromatic heterocycles. The van der Waals surface area contributed by atoms with Crippen LogP contribution in [0.3, 0.4) is 0 Å². The van der Waals surface area contributed by atoms with E-state index in [0.29, 0.717) is 5.82 Å². The fourth-order valence-corrected chi connectivity index (χ4v) is 4.12. The lowest BCUT2D eigenvalue weighted by atomic mass is 10.1. The number of aromatic nitrogens is 3. The molecule has 144 valence electrons. The molecule has 0 saturated heterocycles. The van der Waals surface area contributed by atoms with Crippen molar-refractivity contribution in [3.63, 3.8) is 0 Å². The predicted molar refractivity (Wildman–Crippen MR) is 127 cm³/mol. The second-order valence-corrected chi connectivity index (χ2v) is 7.27. The van der Waals surface area contributed by atoms with Gasteiger partial charge in [-0.1, -0.05) is 86.0 Å². The van der Waals surface area contributed by atoms with Gasteiger partial charge in [0.1, 0.15) is 5.82 Å². The largest absolute Gasteiger partial charge is 0.293 e. The molecular weight excluding hydrogens is 366 g/mol. The molecular formula is C27H21N3. The third-order valence-corrected chi connectivity index (χ3v) is 5.49. The van der Waals surface area contributed by atoms with Gasteiger partial charge in [-0.25, -0.2) is 9.97 Å². The van der Waals surface area contributed by atoms with Crippen LogP contribution in [-0.2, 0) is 0 Å². The Morgan fingerprint density at radius 2 is 1.50 bits per heavy atom. The van der Waals surface area contributed by atoms with E-state index in [1.54, 1.807) is 6.08 Å². The standard InChI is InChI=1S/C27H21N3/c1-4-20-23(5-2)28-26(19-13-7-6-8-14-19)29-27(20)30-24-17-10-9-15-21(24)22-16-11-12-18(3)25(22)30/h4-17H,1-2H2,3H3. The minimum atomic E-state index is 0.672. The van der Waals surface area contributed by atoms with E-state index in [9.17, 15) is 0 Å². The molecule has 0 saturated carbocycles. The third-order valence-electron chi connectivity index (χ3n) is 5.49. The van der Waals surface area contributed by atoms with Crippen LogP contribution in [0, 0.1) is 6.92 Å². The van der Waals surface area contributed by atoms with Crippen molar-refractivity contribution in [3.05, 3.63) is 103 Å². The van der Waals surface area contributed by atoms with E-state index in [2.05, 4.69) is 67.1 Å². The molecule has 0 unspecified atom stereocenters. The molecule has 30 heavy (non-hydrogen) atoms. The molecule has 5 aromatic rings. The predicted octanol–water partition coefficient (Wildman–Crippen LogP) is 6.84. The highest BCUT2D eigenvalue weighted by Crippen LogP contribution is 2.35. The zero-order chi connectivity index (χ0) is 20.7. The fourth-order valence-electron chi connectivity index (χ4n) is 4.12. The average Bonchev–Trinajstić information content (AvgIpc) is 3.14. The van der Waals surface area contributed by atoms with Crippen molar-refractivity contribution in [2.45, 2.75) is 6.92 Å². The topological polar surface area (TPSA) is 30.7 Å². The quantitative estimate of drug-likeness (QED) is 0.338.